The van der Waals surface area contributed by atoms with E-state index in [0.29, 0.717) is 0 Å². The Labute approximate surface area is 114 Å². The van der Waals surface area contributed by atoms with Crippen LogP contribution in [-0.2, 0) is 14.8 Å². The number of benzene rings is 1. The van der Waals surface area contributed by atoms with E-state index in [4.69, 9.17) is 22.4 Å². The van der Waals surface area contributed by atoms with Gasteiger partial charge in [0.05, 0.1) is 10.7 Å². The lowest BCUT2D eigenvalue weighted by Crippen LogP contribution is -2.32. The van der Waals surface area contributed by atoms with Crippen molar-refractivity contribution in [3.8, 4) is 0 Å². The summed E-state index contributed by atoms with van der Waals surface area (Å²) < 4.78 is 25.4. The summed E-state index contributed by atoms with van der Waals surface area (Å²) in [5, 5.41) is 7.04. The maximum absolute atomic E-state index is 11.7. The maximum Gasteiger partial charge on any atom is 0.323 e. The molecule has 0 aliphatic rings. The quantitative estimate of drug-likeness (QED) is 0.736. The van der Waals surface area contributed by atoms with Crippen LogP contribution in [0.4, 0.5) is 5.69 Å². The highest BCUT2D eigenvalue weighted by Crippen LogP contribution is 2.24. The smallest absolute Gasteiger partial charge is 0.323 e. The molecule has 104 valence electrons. The molecule has 4 N–H and O–H groups in total. The van der Waals surface area contributed by atoms with Gasteiger partial charge in [-0.1, -0.05) is 11.6 Å². The van der Waals surface area contributed by atoms with Gasteiger partial charge in [0.1, 0.15) is 0 Å². The maximum atomic E-state index is 11.7. The average molecular weight is 307 g/mol. The van der Waals surface area contributed by atoms with Gasteiger partial charge in [-0.25, -0.2) is 8.42 Å². The van der Waals surface area contributed by atoms with Gasteiger partial charge in [0, 0.05) is 5.56 Å². The molecule has 0 saturated heterocycles. The van der Waals surface area contributed by atoms with Crippen LogP contribution < -0.4 is 10.5 Å². The summed E-state index contributed by atoms with van der Waals surface area (Å²) in [5.41, 5.74) is 4.99. The van der Waals surface area contributed by atoms with Crippen molar-refractivity contribution in [2.24, 2.45) is 5.73 Å². The molecule has 0 radical (unpaired) electrons. The largest absolute Gasteiger partial charge is 0.480 e. The monoisotopic (exact) mass is 306 g/mol. The number of hydrogen-bond acceptors (Lipinski definition) is 4. The van der Waals surface area contributed by atoms with Gasteiger partial charge < -0.3 is 10.8 Å². The molecular formula is C10H11ClN2O5S. The van der Waals surface area contributed by atoms with Gasteiger partial charge in [-0.3, -0.25) is 14.3 Å². The summed E-state index contributed by atoms with van der Waals surface area (Å²) >= 11 is 5.76. The lowest BCUT2D eigenvalue weighted by atomic mass is 10.2. The zero-order chi connectivity index (χ0) is 14.8. The Morgan fingerprint density at radius 3 is 2.47 bits per heavy atom. The summed E-state index contributed by atoms with van der Waals surface area (Å²) in [6.45, 7) is 1.01. The number of carboxylic acid groups (broad SMARTS) is 1. The van der Waals surface area contributed by atoms with Crippen molar-refractivity contribution in [2.75, 3.05) is 4.72 Å². The molecular weight excluding hydrogens is 296 g/mol. The fraction of sp³-hybridized carbons (Fsp3) is 0.200. The second kappa shape index (κ2) is 5.45. The second-order valence-electron chi connectivity index (χ2n) is 3.69. The van der Waals surface area contributed by atoms with E-state index in [1.807, 2.05) is 4.72 Å². The van der Waals surface area contributed by atoms with Crippen molar-refractivity contribution >= 4 is 39.2 Å². The van der Waals surface area contributed by atoms with Crippen LogP contribution in [0, 0.1) is 0 Å². The van der Waals surface area contributed by atoms with Gasteiger partial charge in [-0.2, -0.15) is 0 Å². The molecule has 19 heavy (non-hydrogen) atoms. The Morgan fingerprint density at radius 1 is 1.42 bits per heavy atom. The number of sulfonamides is 1. The first kappa shape index (κ1) is 15.3. The average Bonchev–Trinajstić information content (AvgIpc) is 2.30. The standard InChI is InChI=1S/C10H11ClN2O5S/c1-5(10(15)16)19(17,18)13-8-4-6(9(12)14)2-3-7(8)11/h2-5,13H,1H3,(H2,12,14)(H,15,16). The highest BCUT2D eigenvalue weighted by Gasteiger charge is 2.28. The summed E-state index contributed by atoms with van der Waals surface area (Å²) in [7, 11) is -4.16. The van der Waals surface area contributed by atoms with E-state index in [2.05, 4.69) is 0 Å². The molecule has 0 fully saturated rings. The Balaban J connectivity index is 3.15. The molecule has 1 atom stereocenters. The fourth-order valence-corrected chi connectivity index (χ4v) is 2.27. The summed E-state index contributed by atoms with van der Waals surface area (Å²) in [6.07, 6.45) is 0. The van der Waals surface area contributed by atoms with Gasteiger partial charge in [-0.15, -0.1) is 0 Å². The topological polar surface area (TPSA) is 127 Å². The number of nitrogens with two attached hydrogens (primary N) is 1. The van der Waals surface area contributed by atoms with Crippen molar-refractivity contribution in [3.63, 3.8) is 0 Å². The minimum absolute atomic E-state index is 0.0196. The molecule has 0 aliphatic heterocycles. The van der Waals surface area contributed by atoms with Crippen LogP contribution in [-0.4, -0.2) is 30.7 Å². The molecule has 1 unspecified atom stereocenters. The number of anilines is 1. The van der Waals surface area contributed by atoms with E-state index in [1.165, 1.54) is 12.1 Å². The van der Waals surface area contributed by atoms with Gasteiger partial charge >= 0.3 is 5.97 Å². The molecule has 1 aromatic carbocycles. The predicted molar refractivity (Wildman–Crippen MR) is 69.6 cm³/mol. The zero-order valence-electron chi connectivity index (χ0n) is 9.75. The molecule has 0 spiro atoms. The number of amides is 1. The van der Waals surface area contributed by atoms with Crippen molar-refractivity contribution in [2.45, 2.75) is 12.2 Å². The number of rotatable bonds is 5. The Bertz CT molecular complexity index is 629. The van der Waals surface area contributed by atoms with Gasteiger partial charge in [0.2, 0.25) is 15.9 Å². The number of primary amides is 1. The van der Waals surface area contributed by atoms with E-state index in [-0.39, 0.29) is 16.3 Å². The van der Waals surface area contributed by atoms with Gasteiger partial charge in [0.15, 0.2) is 5.25 Å². The Kier molecular flexibility index (Phi) is 4.38. The van der Waals surface area contributed by atoms with E-state index < -0.39 is 27.1 Å². The number of aliphatic carboxylic acids is 1. The van der Waals surface area contributed by atoms with Crippen molar-refractivity contribution in [1.29, 1.82) is 0 Å². The summed E-state index contributed by atoms with van der Waals surface area (Å²) in [5.74, 6) is -2.27. The molecule has 0 bridgehead atoms. The first-order chi connectivity index (χ1) is 8.65. The molecule has 1 amide bonds. The second-order valence-corrected chi connectivity index (χ2v) is 6.09. The van der Waals surface area contributed by atoms with Gasteiger partial charge in [-0.05, 0) is 25.1 Å². The minimum atomic E-state index is -4.16. The molecule has 9 heteroatoms. The van der Waals surface area contributed by atoms with Crippen LogP contribution in [0.1, 0.15) is 17.3 Å². The molecule has 7 nitrogen and oxygen atoms in total. The van der Waals surface area contributed by atoms with E-state index in [1.54, 1.807) is 0 Å². The number of nitrogens with one attached hydrogen (secondary N) is 1. The Hall–Kier alpha value is -1.80. The van der Waals surface area contributed by atoms with Crippen LogP contribution in [0.3, 0.4) is 0 Å². The lowest BCUT2D eigenvalue weighted by Gasteiger charge is -2.13. The van der Waals surface area contributed by atoms with Crippen LogP contribution >= 0.6 is 11.6 Å². The molecule has 0 aromatic heterocycles. The fourth-order valence-electron chi connectivity index (χ4n) is 1.13. The number of carboxylic acids is 1. The SMILES string of the molecule is CC(C(=O)O)S(=O)(=O)Nc1cc(C(N)=O)ccc1Cl. The molecule has 0 aliphatic carbocycles. The predicted octanol–water partition coefficient (Wildman–Crippen LogP) is 0.654. The number of carbonyl (C=O) groups is 2. The molecule has 1 rings (SSSR count). The van der Waals surface area contributed by atoms with E-state index in [0.717, 1.165) is 13.0 Å². The summed E-state index contributed by atoms with van der Waals surface area (Å²) in [4.78, 5) is 21.6. The lowest BCUT2D eigenvalue weighted by molar-refractivity contribution is -0.136. The van der Waals surface area contributed by atoms with Gasteiger partial charge in [0.25, 0.3) is 0 Å². The summed E-state index contributed by atoms with van der Waals surface area (Å²) in [6, 6.07) is 3.74. The van der Waals surface area contributed by atoms with Crippen LogP contribution in [0.15, 0.2) is 18.2 Å². The van der Waals surface area contributed by atoms with Crippen molar-refractivity contribution in [3.05, 3.63) is 28.8 Å². The minimum Gasteiger partial charge on any atom is -0.480 e. The highest BCUT2D eigenvalue weighted by molar-refractivity contribution is 7.94. The normalized spacial score (nSPS) is 12.7. The number of carbonyl (C=O) groups excluding carboxylic acids is 1. The van der Waals surface area contributed by atoms with Crippen molar-refractivity contribution < 1.29 is 23.1 Å². The van der Waals surface area contributed by atoms with Crippen LogP contribution in [0.2, 0.25) is 5.02 Å². The Morgan fingerprint density at radius 2 is 2.00 bits per heavy atom. The third-order valence-corrected chi connectivity index (χ3v) is 4.28. The van der Waals surface area contributed by atoms with Crippen LogP contribution in [0.25, 0.3) is 0 Å². The molecule has 1 aromatic rings. The third-order valence-electron chi connectivity index (χ3n) is 2.32. The van der Waals surface area contributed by atoms with E-state index in [9.17, 15) is 18.0 Å². The number of hydrogen-bond donors (Lipinski definition) is 3. The third kappa shape index (κ3) is 3.58. The van der Waals surface area contributed by atoms with Crippen molar-refractivity contribution in [1.82, 2.24) is 0 Å². The molecule has 0 saturated carbocycles. The zero-order valence-corrected chi connectivity index (χ0v) is 11.3. The first-order valence-electron chi connectivity index (χ1n) is 4.99. The van der Waals surface area contributed by atoms with E-state index >= 15 is 0 Å². The number of halogens is 1. The van der Waals surface area contributed by atoms with Crippen LogP contribution in [0.5, 0.6) is 0 Å². The first-order valence-corrected chi connectivity index (χ1v) is 6.91. The molecule has 0 heterocycles. The highest BCUT2D eigenvalue weighted by atomic mass is 35.5.